The Balaban J connectivity index is 1.39. The molecular formula is C25H22FN3O3S. The monoisotopic (exact) mass is 463 g/mol. The van der Waals surface area contributed by atoms with Gasteiger partial charge in [0.1, 0.15) is 12.2 Å². The van der Waals surface area contributed by atoms with Crippen molar-refractivity contribution in [2.45, 2.75) is 43.3 Å². The average Bonchev–Trinajstić information content (AvgIpc) is 3.42. The summed E-state index contributed by atoms with van der Waals surface area (Å²) in [5, 5.41) is 10.2. The van der Waals surface area contributed by atoms with Gasteiger partial charge in [-0.3, -0.25) is 4.57 Å². The number of hydrogen-bond acceptors (Lipinski definition) is 6. The molecule has 0 N–H and O–H groups in total. The lowest BCUT2D eigenvalue weighted by atomic mass is 10.0. The standard InChI is InChI=1S/C25H22FN3O3S/c1-2-10-29-23(14-31-21-9-4-3-8-20(21)26)27-28-25(29)33-15-18-13-24(30)32-22-12-17-7-5-6-16(17)11-19(18)22/h2-4,8-9,11-13H,1,5-7,10,14-15H2. The van der Waals surface area contributed by atoms with Gasteiger partial charge >= 0.3 is 5.63 Å². The van der Waals surface area contributed by atoms with Gasteiger partial charge in [-0.05, 0) is 60.2 Å². The number of aromatic nitrogens is 3. The fourth-order valence-corrected chi connectivity index (χ4v) is 5.06. The lowest BCUT2D eigenvalue weighted by Gasteiger charge is -2.10. The molecule has 0 unspecified atom stereocenters. The second kappa shape index (κ2) is 9.23. The van der Waals surface area contributed by atoms with E-state index >= 15 is 0 Å². The van der Waals surface area contributed by atoms with Crippen LogP contribution in [0.2, 0.25) is 0 Å². The van der Waals surface area contributed by atoms with Crippen molar-refractivity contribution in [3.63, 3.8) is 0 Å². The van der Waals surface area contributed by atoms with E-state index in [1.165, 1.54) is 29.0 Å². The molecule has 168 valence electrons. The highest BCUT2D eigenvalue weighted by atomic mass is 32.2. The first-order valence-electron chi connectivity index (χ1n) is 10.7. The third-order valence-electron chi connectivity index (χ3n) is 5.70. The molecule has 0 radical (unpaired) electrons. The Bertz CT molecular complexity index is 1400. The Morgan fingerprint density at radius 3 is 2.82 bits per heavy atom. The summed E-state index contributed by atoms with van der Waals surface area (Å²) in [6.45, 7) is 4.37. The Morgan fingerprint density at radius 2 is 2.00 bits per heavy atom. The van der Waals surface area contributed by atoms with E-state index in [2.05, 4.69) is 22.8 Å². The van der Waals surface area contributed by atoms with Gasteiger partial charge in [-0.2, -0.15) is 0 Å². The normalized spacial score (nSPS) is 12.8. The summed E-state index contributed by atoms with van der Waals surface area (Å²) in [6.07, 6.45) is 4.95. The molecule has 0 bridgehead atoms. The Kier molecular flexibility index (Phi) is 6.00. The van der Waals surface area contributed by atoms with Crippen molar-refractivity contribution in [3.8, 4) is 5.75 Å². The van der Waals surface area contributed by atoms with Crippen LogP contribution in [-0.4, -0.2) is 14.8 Å². The fraction of sp³-hybridized carbons (Fsp3) is 0.240. The molecule has 2 heterocycles. The number of hydrogen-bond donors (Lipinski definition) is 0. The number of aryl methyl sites for hydroxylation is 2. The Labute approximate surface area is 194 Å². The van der Waals surface area contributed by atoms with Crippen molar-refractivity contribution in [3.05, 3.63) is 93.9 Å². The molecule has 8 heteroatoms. The Morgan fingerprint density at radius 1 is 1.18 bits per heavy atom. The van der Waals surface area contributed by atoms with E-state index < -0.39 is 5.82 Å². The second-order valence-electron chi connectivity index (χ2n) is 7.87. The summed E-state index contributed by atoms with van der Waals surface area (Å²) >= 11 is 1.47. The van der Waals surface area contributed by atoms with Crippen LogP contribution in [-0.2, 0) is 31.7 Å². The van der Waals surface area contributed by atoms with E-state index in [4.69, 9.17) is 9.15 Å². The third kappa shape index (κ3) is 4.43. The molecule has 0 saturated carbocycles. The van der Waals surface area contributed by atoms with Crippen LogP contribution >= 0.6 is 11.8 Å². The predicted molar refractivity (Wildman–Crippen MR) is 125 cm³/mol. The molecule has 6 nitrogen and oxygen atoms in total. The molecule has 0 saturated heterocycles. The number of rotatable bonds is 8. The third-order valence-corrected chi connectivity index (χ3v) is 6.71. The minimum Gasteiger partial charge on any atom is -0.483 e. The topological polar surface area (TPSA) is 70.2 Å². The molecular weight excluding hydrogens is 441 g/mol. The number of allylic oxidation sites excluding steroid dienone is 1. The molecule has 5 rings (SSSR count). The van der Waals surface area contributed by atoms with Gasteiger partial charge in [0.25, 0.3) is 0 Å². The minimum absolute atomic E-state index is 0.0757. The fourth-order valence-electron chi connectivity index (χ4n) is 4.11. The highest BCUT2D eigenvalue weighted by Gasteiger charge is 2.17. The van der Waals surface area contributed by atoms with Crippen LogP contribution in [0.5, 0.6) is 5.75 Å². The van der Waals surface area contributed by atoms with E-state index in [9.17, 15) is 9.18 Å². The van der Waals surface area contributed by atoms with Gasteiger partial charge in [0, 0.05) is 23.8 Å². The number of para-hydroxylation sites is 1. The number of ether oxygens (including phenoxy) is 1. The highest BCUT2D eigenvalue weighted by Crippen LogP contribution is 2.31. The zero-order chi connectivity index (χ0) is 22.8. The van der Waals surface area contributed by atoms with Gasteiger partial charge < -0.3 is 9.15 Å². The van der Waals surface area contributed by atoms with Crippen molar-refractivity contribution in [2.24, 2.45) is 0 Å². The molecule has 1 aliphatic rings. The van der Waals surface area contributed by atoms with Crippen LogP contribution < -0.4 is 10.4 Å². The zero-order valence-corrected chi connectivity index (χ0v) is 18.7. The molecule has 0 amide bonds. The van der Waals surface area contributed by atoms with Gasteiger partial charge in [0.05, 0.1) is 0 Å². The van der Waals surface area contributed by atoms with Crippen molar-refractivity contribution in [1.29, 1.82) is 0 Å². The number of benzene rings is 2. The molecule has 33 heavy (non-hydrogen) atoms. The maximum atomic E-state index is 13.9. The van der Waals surface area contributed by atoms with Crippen LogP contribution in [0.4, 0.5) is 4.39 Å². The summed E-state index contributed by atoms with van der Waals surface area (Å²) in [5.74, 6) is 0.832. The van der Waals surface area contributed by atoms with E-state index in [0.717, 1.165) is 30.2 Å². The molecule has 2 aromatic heterocycles. The van der Waals surface area contributed by atoms with E-state index in [-0.39, 0.29) is 18.0 Å². The maximum absolute atomic E-state index is 13.9. The van der Waals surface area contributed by atoms with Crippen molar-refractivity contribution >= 4 is 22.7 Å². The highest BCUT2D eigenvalue weighted by molar-refractivity contribution is 7.98. The van der Waals surface area contributed by atoms with Gasteiger partial charge in [-0.25, -0.2) is 9.18 Å². The van der Waals surface area contributed by atoms with Crippen LogP contribution in [0.1, 0.15) is 28.9 Å². The lowest BCUT2D eigenvalue weighted by molar-refractivity contribution is 0.275. The molecule has 4 aromatic rings. The SMILES string of the molecule is C=CCn1c(COc2ccccc2F)nnc1SCc1cc(=O)oc2cc3c(cc12)CCC3. The van der Waals surface area contributed by atoms with E-state index in [0.29, 0.717) is 28.9 Å². The molecule has 2 aromatic carbocycles. The molecule has 1 aliphatic carbocycles. The van der Waals surface area contributed by atoms with Crippen molar-refractivity contribution < 1.29 is 13.5 Å². The predicted octanol–water partition coefficient (Wildman–Crippen LogP) is 5.07. The number of thioether (sulfide) groups is 1. The summed E-state index contributed by atoms with van der Waals surface area (Å²) in [7, 11) is 0. The van der Waals surface area contributed by atoms with Crippen LogP contribution in [0.15, 0.2) is 69.5 Å². The molecule has 0 atom stereocenters. The lowest BCUT2D eigenvalue weighted by Crippen LogP contribution is -2.08. The first kappa shape index (κ1) is 21.5. The largest absolute Gasteiger partial charge is 0.483 e. The van der Waals surface area contributed by atoms with Gasteiger partial charge in [-0.15, -0.1) is 16.8 Å². The number of nitrogens with zero attached hydrogens (tertiary/aromatic N) is 3. The van der Waals surface area contributed by atoms with E-state index in [1.807, 2.05) is 10.6 Å². The van der Waals surface area contributed by atoms with Crippen LogP contribution in [0, 0.1) is 5.82 Å². The summed E-state index contributed by atoms with van der Waals surface area (Å²) in [6, 6.07) is 11.9. The summed E-state index contributed by atoms with van der Waals surface area (Å²) in [5.41, 5.74) is 3.76. The first-order chi connectivity index (χ1) is 16.1. The van der Waals surface area contributed by atoms with Gasteiger partial charge in [0.2, 0.25) is 0 Å². The summed E-state index contributed by atoms with van der Waals surface area (Å²) in [4.78, 5) is 12.2. The van der Waals surface area contributed by atoms with Gasteiger partial charge in [-0.1, -0.05) is 30.0 Å². The van der Waals surface area contributed by atoms with Gasteiger partial charge in [0.15, 0.2) is 22.5 Å². The van der Waals surface area contributed by atoms with Crippen molar-refractivity contribution in [2.75, 3.05) is 0 Å². The summed E-state index contributed by atoms with van der Waals surface area (Å²) < 4.78 is 26.8. The number of fused-ring (bicyclic) bond motifs is 2. The molecule has 0 fully saturated rings. The smallest absolute Gasteiger partial charge is 0.336 e. The van der Waals surface area contributed by atoms with Crippen molar-refractivity contribution in [1.82, 2.24) is 14.8 Å². The first-order valence-corrected chi connectivity index (χ1v) is 11.7. The zero-order valence-electron chi connectivity index (χ0n) is 17.9. The van der Waals surface area contributed by atoms with Crippen LogP contribution in [0.25, 0.3) is 11.0 Å². The minimum atomic E-state index is -0.428. The average molecular weight is 464 g/mol. The maximum Gasteiger partial charge on any atom is 0.336 e. The van der Waals surface area contributed by atoms with E-state index in [1.54, 1.807) is 30.3 Å². The molecule has 0 spiro atoms. The quantitative estimate of drug-likeness (QED) is 0.206. The molecule has 0 aliphatic heterocycles. The number of halogens is 1. The second-order valence-corrected chi connectivity index (χ2v) is 8.81. The Hall–Kier alpha value is -3.39. The van der Waals surface area contributed by atoms with Crippen LogP contribution in [0.3, 0.4) is 0 Å².